The van der Waals surface area contributed by atoms with Gasteiger partial charge in [-0.05, 0) is 0 Å². The molecule has 0 amide bonds. The fraction of sp³-hybridized carbons (Fsp3) is 0. The number of phenols is 2. The van der Waals surface area contributed by atoms with E-state index in [0.717, 1.165) is 24.3 Å². The van der Waals surface area contributed by atoms with Crippen LogP contribution in [0.3, 0.4) is 0 Å². The molecule has 0 aliphatic carbocycles. The molecule has 2 aromatic rings. The number of hydrogen-bond donors (Lipinski definition) is 4. The zero-order chi connectivity index (χ0) is 18.6. The van der Waals surface area contributed by atoms with Gasteiger partial charge >= 0.3 is 34.9 Å². The van der Waals surface area contributed by atoms with Crippen molar-refractivity contribution in [2.45, 2.75) is 0 Å². The Kier molecular flexibility index (Phi) is 11.9. The van der Waals surface area contributed by atoms with Crippen molar-refractivity contribution in [2.24, 2.45) is 0 Å². The molecule has 0 aliphatic rings. The van der Waals surface area contributed by atoms with Gasteiger partial charge in [-0.1, -0.05) is 0 Å². The molecule has 27 heavy (non-hydrogen) atoms. The predicted octanol–water partition coefficient (Wildman–Crippen LogP) is -2.10. The number of benzene rings is 2. The van der Waals surface area contributed by atoms with Crippen LogP contribution >= 0.6 is 0 Å². The van der Waals surface area contributed by atoms with Crippen molar-refractivity contribution < 1.29 is 61.4 Å². The van der Waals surface area contributed by atoms with Gasteiger partial charge in [0, 0.05) is 29.7 Å². The molecule has 0 fully saturated rings. The standard InChI is InChI=1S/2C7H6O5.Ge.2H2O/c2*8-4-1-3(7(11)12)2-5(9)6(4)10;;;/h2*1-2,8-10H,(H,11,12);;2*1H2/p+4. The number of carboxylic acid groups (broad SMARTS) is 2. The van der Waals surface area contributed by atoms with Crippen molar-refractivity contribution in [1.29, 1.82) is 0 Å². The monoisotopic (exact) mass is 454 g/mol. The fourth-order valence-electron chi connectivity index (χ4n) is 1.50. The van der Waals surface area contributed by atoms with Gasteiger partial charge in [-0.15, -0.1) is 0 Å². The summed E-state index contributed by atoms with van der Waals surface area (Å²) < 4.78 is 0. The molecule has 12 nitrogen and oxygen atoms in total. The topological polar surface area (TPSA) is 270 Å². The summed E-state index contributed by atoms with van der Waals surface area (Å²) in [4.78, 5) is 20.7. The second kappa shape index (κ2) is 11.3. The third-order valence-electron chi connectivity index (χ3n) is 2.73. The molecule has 0 aliphatic heterocycles. The van der Waals surface area contributed by atoms with Crippen molar-refractivity contribution in [3.63, 3.8) is 0 Å². The van der Waals surface area contributed by atoms with E-state index in [-0.39, 0.29) is 62.7 Å². The van der Waals surface area contributed by atoms with Crippen LogP contribution in [0.4, 0.5) is 0 Å². The Morgan fingerprint density at radius 2 is 0.926 bits per heavy atom. The third kappa shape index (κ3) is 7.19. The van der Waals surface area contributed by atoms with Gasteiger partial charge in [0.05, 0.1) is 23.3 Å². The molecule has 2 aromatic carbocycles. The zero-order valence-electron chi connectivity index (χ0n) is 13.4. The summed E-state index contributed by atoms with van der Waals surface area (Å²) in [6.45, 7) is 0. The van der Waals surface area contributed by atoms with E-state index in [9.17, 15) is 9.59 Å². The Bertz CT molecular complexity index is 691. The largest absolute Gasteiger partial charge is 0.587 e. The predicted molar refractivity (Wildman–Crippen MR) is 95.4 cm³/mol. The summed E-state index contributed by atoms with van der Waals surface area (Å²) in [6.07, 6.45) is 0. The minimum Gasteiger partial charge on any atom is -0.587 e. The zero-order valence-corrected chi connectivity index (χ0v) is 15.5. The Labute approximate surface area is 161 Å². The van der Waals surface area contributed by atoms with Gasteiger partial charge in [0.2, 0.25) is 11.5 Å². The third-order valence-corrected chi connectivity index (χ3v) is 2.73. The van der Waals surface area contributed by atoms with E-state index in [4.69, 9.17) is 40.9 Å². The molecule has 0 bridgehead atoms. The summed E-state index contributed by atoms with van der Waals surface area (Å²) in [5.41, 5.74) is -0.373. The van der Waals surface area contributed by atoms with Crippen molar-refractivity contribution in [2.75, 3.05) is 0 Å². The summed E-state index contributed by atoms with van der Waals surface area (Å²) >= 11 is 0. The first-order chi connectivity index (χ1) is 11.0. The van der Waals surface area contributed by atoms with Crippen LogP contribution in [0.25, 0.3) is 0 Å². The molecule has 4 radical (unpaired) electrons. The maximum atomic E-state index is 10.4. The van der Waals surface area contributed by atoms with Gasteiger partial charge in [-0.2, -0.15) is 0 Å². The van der Waals surface area contributed by atoms with Gasteiger partial charge in [0.15, 0.2) is 0 Å². The van der Waals surface area contributed by atoms with E-state index in [0.29, 0.717) is 0 Å². The van der Waals surface area contributed by atoms with Gasteiger partial charge in [-0.25, -0.2) is 9.59 Å². The maximum Gasteiger partial charge on any atom is 0.393 e. The molecule has 148 valence electrons. The van der Waals surface area contributed by atoms with Crippen molar-refractivity contribution in [1.82, 2.24) is 0 Å². The first kappa shape index (κ1) is 28.4. The first-order valence-corrected chi connectivity index (χ1v) is 6.11. The average Bonchev–Trinajstić information content (AvgIpc) is 2.49. The van der Waals surface area contributed by atoms with E-state index in [1.54, 1.807) is 0 Å². The van der Waals surface area contributed by atoms with Crippen LogP contribution in [0.1, 0.15) is 20.7 Å². The number of aromatic hydroxyl groups is 2. The quantitative estimate of drug-likeness (QED) is 0.292. The Balaban J connectivity index is -0.000000384. The molecule has 16 N–H and O–H groups in total. The Morgan fingerprint density at radius 3 is 1.11 bits per heavy atom. The summed E-state index contributed by atoms with van der Waals surface area (Å²) in [7, 11) is 0. The molecule has 0 saturated heterocycles. The molecular formula is C14H20GeO12+4. The molecule has 2 rings (SSSR count). The molecule has 0 saturated carbocycles. The number of phenolic OH excluding ortho intramolecular Hbond substituents is 2. The van der Waals surface area contributed by atoms with Crippen molar-refractivity contribution >= 4 is 29.5 Å². The van der Waals surface area contributed by atoms with E-state index in [1.165, 1.54) is 0 Å². The number of carbonyl (C=O) groups is 2. The molecule has 0 aromatic heterocycles. The second-order valence-electron chi connectivity index (χ2n) is 4.45. The fourth-order valence-corrected chi connectivity index (χ4v) is 1.50. The van der Waals surface area contributed by atoms with Crippen LogP contribution in [-0.2, 0) is 0 Å². The molecular weight excluding hydrogens is 433 g/mol. The SMILES string of the molecule is O.O.O=C(O)c1cc(O)c([OH2+])c([OH2+])c1.O=C(O)c1cc(O)c([OH2+])c([OH2+])c1.[Ge]. The number of aromatic carboxylic acids is 2. The molecule has 13 heteroatoms. The molecule has 0 spiro atoms. The van der Waals surface area contributed by atoms with Crippen molar-refractivity contribution in [3.8, 4) is 34.5 Å². The van der Waals surface area contributed by atoms with Crippen LogP contribution in [0.15, 0.2) is 24.3 Å². The Hall–Kier alpha value is -3.36. The number of rotatable bonds is 2. The molecule has 0 heterocycles. The van der Waals surface area contributed by atoms with Gasteiger partial charge in [-0.3, -0.25) is 0 Å². The van der Waals surface area contributed by atoms with E-state index in [2.05, 4.69) is 0 Å². The van der Waals surface area contributed by atoms with Crippen LogP contribution < -0.4 is 0 Å². The molecule has 0 unspecified atom stereocenters. The first-order valence-electron chi connectivity index (χ1n) is 6.11. The van der Waals surface area contributed by atoms with E-state index < -0.39 is 23.4 Å². The number of carboxylic acids is 2. The normalized spacial score (nSPS) is 8.59. The van der Waals surface area contributed by atoms with Gasteiger partial charge in [0.1, 0.15) is 0 Å². The second-order valence-corrected chi connectivity index (χ2v) is 4.45. The summed E-state index contributed by atoms with van der Waals surface area (Å²) in [6, 6.07) is 3.93. The number of hydrogen-bond acceptors (Lipinski definition) is 4. The van der Waals surface area contributed by atoms with Gasteiger partial charge in [0.25, 0.3) is 0 Å². The minimum absolute atomic E-state index is 0. The van der Waals surface area contributed by atoms with Crippen molar-refractivity contribution in [3.05, 3.63) is 35.4 Å². The van der Waals surface area contributed by atoms with Crippen LogP contribution in [0.5, 0.6) is 34.5 Å². The van der Waals surface area contributed by atoms with Crippen LogP contribution in [0, 0.1) is 0 Å². The van der Waals surface area contributed by atoms with E-state index in [1.807, 2.05) is 0 Å². The minimum atomic E-state index is -1.22. The molecule has 0 atom stereocenters. The van der Waals surface area contributed by atoms with E-state index >= 15 is 0 Å². The summed E-state index contributed by atoms with van der Waals surface area (Å²) in [5.74, 6) is -4.74. The maximum absolute atomic E-state index is 10.4. The van der Waals surface area contributed by atoms with Gasteiger partial charge < -0.3 is 51.8 Å². The Morgan fingerprint density at radius 1 is 0.667 bits per heavy atom. The van der Waals surface area contributed by atoms with Crippen LogP contribution in [0.2, 0.25) is 0 Å². The smallest absolute Gasteiger partial charge is 0.393 e. The average molecular weight is 453 g/mol. The van der Waals surface area contributed by atoms with Crippen LogP contribution in [-0.4, -0.2) is 81.3 Å². The summed E-state index contributed by atoms with van der Waals surface area (Å²) in [5, 5.41) is 63.1.